The number of hydrogen-bond donors (Lipinski definition) is 1. The van der Waals surface area contributed by atoms with Gasteiger partial charge >= 0.3 is 0 Å². The number of amides is 2. The average Bonchev–Trinajstić information content (AvgIpc) is 2.48. The summed E-state index contributed by atoms with van der Waals surface area (Å²) in [5, 5.41) is 2.95. The predicted molar refractivity (Wildman–Crippen MR) is 90.8 cm³/mol. The summed E-state index contributed by atoms with van der Waals surface area (Å²) in [7, 11) is 0. The molecule has 0 atom stereocenters. The molecular weight excluding hydrogens is 346 g/mol. The highest BCUT2D eigenvalue weighted by atomic mass is 79.9. The third-order valence-electron chi connectivity index (χ3n) is 3.94. The van der Waals surface area contributed by atoms with Gasteiger partial charge in [-0.3, -0.25) is 14.5 Å². The maximum Gasteiger partial charge on any atom is 0.225 e. The van der Waals surface area contributed by atoms with Crippen LogP contribution in [0.5, 0.6) is 0 Å². The van der Waals surface area contributed by atoms with Gasteiger partial charge in [0.15, 0.2) is 0 Å². The van der Waals surface area contributed by atoms with Crippen LogP contribution in [0.1, 0.15) is 18.9 Å². The third-order valence-corrected chi connectivity index (χ3v) is 4.43. The molecule has 5 nitrogen and oxygen atoms in total. The molecule has 0 aromatic heterocycles. The van der Waals surface area contributed by atoms with E-state index in [0.29, 0.717) is 6.42 Å². The van der Waals surface area contributed by atoms with Gasteiger partial charge in [-0.05, 0) is 30.7 Å². The first-order valence-electron chi connectivity index (χ1n) is 7.49. The number of nitrogens with zero attached hydrogens (tertiary/aromatic N) is 2. The molecule has 0 saturated carbocycles. The van der Waals surface area contributed by atoms with Crippen LogP contribution < -0.4 is 5.32 Å². The number of anilines is 1. The summed E-state index contributed by atoms with van der Waals surface area (Å²) < 4.78 is 1.01. The molecule has 1 aliphatic rings. The fraction of sp³-hybridized carbons (Fsp3) is 0.500. The molecule has 2 amide bonds. The van der Waals surface area contributed by atoms with Gasteiger partial charge in [-0.25, -0.2) is 0 Å². The first-order valence-corrected chi connectivity index (χ1v) is 8.29. The molecule has 0 unspecified atom stereocenters. The summed E-state index contributed by atoms with van der Waals surface area (Å²) in [5.41, 5.74) is 1.90. The molecule has 1 aliphatic heterocycles. The second-order valence-electron chi connectivity index (χ2n) is 5.61. The first-order chi connectivity index (χ1) is 10.5. The van der Waals surface area contributed by atoms with Crippen molar-refractivity contribution in [2.45, 2.75) is 20.3 Å². The van der Waals surface area contributed by atoms with Crippen molar-refractivity contribution in [1.29, 1.82) is 0 Å². The summed E-state index contributed by atoms with van der Waals surface area (Å²) in [6, 6.07) is 5.81. The molecule has 0 aliphatic carbocycles. The molecule has 1 heterocycles. The number of carbonyl (C=O) groups excluding carboxylic acids is 2. The quantitative estimate of drug-likeness (QED) is 0.887. The summed E-state index contributed by atoms with van der Waals surface area (Å²) in [6.45, 7) is 7.48. The van der Waals surface area contributed by atoms with E-state index in [1.54, 1.807) is 6.92 Å². The Bertz CT molecular complexity index is 554. The Kier molecular flexibility index (Phi) is 5.97. The number of hydrogen-bond acceptors (Lipinski definition) is 3. The highest BCUT2D eigenvalue weighted by molar-refractivity contribution is 9.10. The molecule has 120 valence electrons. The maximum atomic E-state index is 12.1. The molecule has 1 fully saturated rings. The van der Waals surface area contributed by atoms with E-state index < -0.39 is 0 Å². The van der Waals surface area contributed by atoms with E-state index in [1.807, 2.05) is 30.0 Å². The van der Waals surface area contributed by atoms with E-state index in [2.05, 4.69) is 26.1 Å². The van der Waals surface area contributed by atoms with E-state index in [0.717, 1.165) is 48.4 Å². The van der Waals surface area contributed by atoms with Gasteiger partial charge < -0.3 is 10.2 Å². The molecule has 0 bridgehead atoms. The van der Waals surface area contributed by atoms with Crippen molar-refractivity contribution in [2.24, 2.45) is 0 Å². The van der Waals surface area contributed by atoms with Gasteiger partial charge in [0.1, 0.15) is 0 Å². The van der Waals surface area contributed by atoms with E-state index in [9.17, 15) is 9.59 Å². The van der Waals surface area contributed by atoms with Crippen molar-refractivity contribution in [3.05, 3.63) is 28.2 Å². The largest absolute Gasteiger partial charge is 0.340 e. The van der Waals surface area contributed by atoms with Crippen LogP contribution in [0.25, 0.3) is 0 Å². The number of halogens is 1. The maximum absolute atomic E-state index is 12.1. The molecular formula is C16H22BrN3O2. The van der Waals surface area contributed by atoms with Crippen LogP contribution in [0, 0.1) is 6.92 Å². The highest BCUT2D eigenvalue weighted by Gasteiger charge is 2.18. The number of nitrogens with one attached hydrogen (secondary N) is 1. The van der Waals surface area contributed by atoms with Crippen LogP contribution in [0.15, 0.2) is 22.7 Å². The molecule has 22 heavy (non-hydrogen) atoms. The van der Waals surface area contributed by atoms with Crippen LogP contribution >= 0.6 is 15.9 Å². The summed E-state index contributed by atoms with van der Waals surface area (Å²) in [6.07, 6.45) is 0.468. The zero-order valence-corrected chi connectivity index (χ0v) is 14.6. The van der Waals surface area contributed by atoms with Crippen molar-refractivity contribution >= 4 is 33.4 Å². The minimum Gasteiger partial charge on any atom is -0.340 e. The number of piperazine rings is 1. The molecule has 0 radical (unpaired) electrons. The standard InChI is InChI=1S/C16H22BrN3O2/c1-12-11-14(17)3-4-15(12)18-16(22)5-6-19-7-9-20(10-8-19)13(2)21/h3-4,11H,5-10H2,1-2H3,(H,18,22). The lowest BCUT2D eigenvalue weighted by Crippen LogP contribution is -2.48. The zero-order valence-electron chi connectivity index (χ0n) is 13.1. The van der Waals surface area contributed by atoms with Gasteiger partial charge in [0.05, 0.1) is 0 Å². The number of aryl methyl sites for hydroxylation is 1. The highest BCUT2D eigenvalue weighted by Crippen LogP contribution is 2.20. The van der Waals surface area contributed by atoms with E-state index >= 15 is 0 Å². The Labute approximate surface area is 139 Å². The fourth-order valence-corrected chi connectivity index (χ4v) is 3.00. The van der Waals surface area contributed by atoms with Gasteiger partial charge in [-0.15, -0.1) is 0 Å². The molecule has 1 N–H and O–H groups in total. The van der Waals surface area contributed by atoms with E-state index in [-0.39, 0.29) is 11.8 Å². The average molecular weight is 368 g/mol. The molecule has 1 aromatic carbocycles. The van der Waals surface area contributed by atoms with Crippen LogP contribution in [0.3, 0.4) is 0 Å². The minimum absolute atomic E-state index is 0.0272. The zero-order chi connectivity index (χ0) is 16.1. The lowest BCUT2D eigenvalue weighted by molar-refractivity contribution is -0.130. The van der Waals surface area contributed by atoms with Gasteiger partial charge in [0.25, 0.3) is 0 Å². The summed E-state index contributed by atoms with van der Waals surface area (Å²) in [4.78, 5) is 27.4. The Hall–Kier alpha value is -1.40. The van der Waals surface area contributed by atoms with Crippen molar-refractivity contribution < 1.29 is 9.59 Å². The van der Waals surface area contributed by atoms with Crippen molar-refractivity contribution in [1.82, 2.24) is 9.80 Å². The normalized spacial score (nSPS) is 15.7. The lowest BCUT2D eigenvalue weighted by Gasteiger charge is -2.34. The van der Waals surface area contributed by atoms with E-state index in [4.69, 9.17) is 0 Å². The summed E-state index contributed by atoms with van der Waals surface area (Å²) in [5.74, 6) is 0.155. The van der Waals surface area contributed by atoms with Crippen LogP contribution in [-0.2, 0) is 9.59 Å². The van der Waals surface area contributed by atoms with Gasteiger partial charge in [-0.1, -0.05) is 15.9 Å². The number of benzene rings is 1. The number of carbonyl (C=O) groups is 2. The molecule has 2 rings (SSSR count). The number of rotatable bonds is 4. The third kappa shape index (κ3) is 4.81. The van der Waals surface area contributed by atoms with Crippen molar-refractivity contribution in [3.8, 4) is 0 Å². The lowest BCUT2D eigenvalue weighted by atomic mass is 10.2. The van der Waals surface area contributed by atoms with Gasteiger partial charge in [0, 0.05) is 56.2 Å². The van der Waals surface area contributed by atoms with Crippen LogP contribution in [-0.4, -0.2) is 54.3 Å². The smallest absolute Gasteiger partial charge is 0.225 e. The van der Waals surface area contributed by atoms with Crippen LogP contribution in [0.2, 0.25) is 0 Å². The fourth-order valence-electron chi connectivity index (χ4n) is 2.53. The first kappa shape index (κ1) is 17.0. The van der Waals surface area contributed by atoms with Gasteiger partial charge in [0.2, 0.25) is 11.8 Å². The SMILES string of the molecule is CC(=O)N1CCN(CCC(=O)Nc2ccc(Br)cc2C)CC1. The molecule has 1 aromatic rings. The van der Waals surface area contributed by atoms with E-state index in [1.165, 1.54) is 0 Å². The Balaban J connectivity index is 1.75. The second kappa shape index (κ2) is 7.74. The molecule has 1 saturated heterocycles. The minimum atomic E-state index is 0.0272. The predicted octanol–water partition coefficient (Wildman–Crippen LogP) is 2.25. The second-order valence-corrected chi connectivity index (χ2v) is 6.52. The van der Waals surface area contributed by atoms with Crippen molar-refractivity contribution in [3.63, 3.8) is 0 Å². The van der Waals surface area contributed by atoms with Crippen molar-refractivity contribution in [2.75, 3.05) is 38.0 Å². The monoisotopic (exact) mass is 367 g/mol. The molecule has 0 spiro atoms. The van der Waals surface area contributed by atoms with Gasteiger partial charge in [-0.2, -0.15) is 0 Å². The topological polar surface area (TPSA) is 52.7 Å². The Morgan fingerprint density at radius 2 is 1.91 bits per heavy atom. The van der Waals surface area contributed by atoms with Crippen LogP contribution in [0.4, 0.5) is 5.69 Å². The molecule has 6 heteroatoms. The Morgan fingerprint density at radius 1 is 1.23 bits per heavy atom. The summed E-state index contributed by atoms with van der Waals surface area (Å²) >= 11 is 3.41. The Morgan fingerprint density at radius 3 is 2.50 bits per heavy atom.